The molecule has 1 atom stereocenters. The second-order valence-electron chi connectivity index (χ2n) is 7.42. The van der Waals surface area contributed by atoms with Crippen LogP contribution in [0.15, 0.2) is 48.5 Å². The van der Waals surface area contributed by atoms with Gasteiger partial charge in [-0.25, -0.2) is 4.98 Å². The van der Waals surface area contributed by atoms with E-state index in [4.69, 9.17) is 11.6 Å². The summed E-state index contributed by atoms with van der Waals surface area (Å²) in [6, 6.07) is 15.4. The number of hydrogen-bond acceptors (Lipinski definition) is 5. The Bertz CT molecular complexity index is 1050. The van der Waals surface area contributed by atoms with Gasteiger partial charge in [0, 0.05) is 22.8 Å². The zero-order valence-corrected chi connectivity index (χ0v) is 17.3. The number of para-hydroxylation sites is 1. The molecule has 0 amide bonds. The van der Waals surface area contributed by atoms with Crippen molar-refractivity contribution in [1.29, 1.82) is 0 Å². The molecule has 2 aromatic carbocycles. The van der Waals surface area contributed by atoms with Crippen molar-refractivity contribution in [3.8, 4) is 0 Å². The first kappa shape index (κ1) is 19.4. The van der Waals surface area contributed by atoms with Crippen molar-refractivity contribution in [3.05, 3.63) is 70.4 Å². The van der Waals surface area contributed by atoms with Gasteiger partial charge in [-0.05, 0) is 54.7 Å². The summed E-state index contributed by atoms with van der Waals surface area (Å²) in [6.07, 6.45) is 2.16. The Labute approximate surface area is 175 Å². The molecule has 3 aromatic rings. The zero-order chi connectivity index (χ0) is 20.4. The van der Waals surface area contributed by atoms with Crippen LogP contribution in [0.1, 0.15) is 41.9 Å². The molecule has 1 aliphatic carbocycles. The Morgan fingerprint density at radius 2 is 1.79 bits per heavy atom. The van der Waals surface area contributed by atoms with Crippen molar-refractivity contribution in [2.24, 2.45) is 5.92 Å². The number of nitrogens with one attached hydrogen (secondary N) is 2. The molecule has 1 heterocycles. The number of anilines is 4. The highest BCUT2D eigenvalue weighted by molar-refractivity contribution is 6.30. The molecule has 5 nitrogen and oxygen atoms in total. The van der Waals surface area contributed by atoms with Gasteiger partial charge < -0.3 is 10.6 Å². The highest BCUT2D eigenvalue weighted by atomic mass is 35.5. The first-order valence-electron chi connectivity index (χ1n) is 9.85. The van der Waals surface area contributed by atoms with E-state index in [1.807, 2.05) is 42.5 Å². The molecule has 29 heavy (non-hydrogen) atoms. The molecule has 6 heteroatoms. The number of aryl methyl sites for hydroxylation is 1. The van der Waals surface area contributed by atoms with Gasteiger partial charge in [0.05, 0.1) is 11.3 Å². The number of carbonyl (C=O) groups excluding carboxylic acids is 1. The molecule has 0 spiro atoms. The lowest BCUT2D eigenvalue weighted by atomic mass is 9.87. The van der Waals surface area contributed by atoms with Crippen LogP contribution in [0.5, 0.6) is 0 Å². The minimum Gasteiger partial charge on any atom is -0.339 e. The number of nitrogens with zero attached hydrogens (tertiary/aromatic N) is 2. The van der Waals surface area contributed by atoms with E-state index in [0.29, 0.717) is 28.8 Å². The predicted octanol–water partition coefficient (Wildman–Crippen LogP) is 5.94. The van der Waals surface area contributed by atoms with Crippen molar-refractivity contribution in [1.82, 2.24) is 9.97 Å². The smallest absolute Gasteiger partial charge is 0.229 e. The molecule has 0 aliphatic heterocycles. The SMILES string of the molecule is CCc1ccccc1Nc1nc(Nc2ccc(Cl)cc2)nc2c1C(=O)CC(C)C2. The lowest BCUT2D eigenvalue weighted by molar-refractivity contribution is 0.0953. The average Bonchev–Trinajstić information content (AvgIpc) is 2.69. The molecule has 1 aromatic heterocycles. The summed E-state index contributed by atoms with van der Waals surface area (Å²) >= 11 is 5.98. The molecular weight excluding hydrogens is 384 g/mol. The van der Waals surface area contributed by atoms with Gasteiger partial charge in [-0.15, -0.1) is 0 Å². The number of benzene rings is 2. The van der Waals surface area contributed by atoms with E-state index in [1.54, 1.807) is 0 Å². The Kier molecular flexibility index (Phi) is 5.49. The first-order chi connectivity index (χ1) is 14.0. The monoisotopic (exact) mass is 406 g/mol. The molecule has 1 unspecified atom stereocenters. The van der Waals surface area contributed by atoms with E-state index in [-0.39, 0.29) is 11.7 Å². The van der Waals surface area contributed by atoms with Crippen LogP contribution in [0.4, 0.5) is 23.1 Å². The standard InChI is InChI=1S/C23H23ClN4O/c1-3-15-6-4-5-7-18(15)26-22-21-19(12-14(2)13-20(21)29)27-23(28-22)25-17-10-8-16(24)9-11-17/h4-11,14H,3,12-13H2,1-2H3,(H2,25,26,27,28). The van der Waals surface area contributed by atoms with Gasteiger partial charge in [0.2, 0.25) is 5.95 Å². The number of hydrogen-bond donors (Lipinski definition) is 2. The van der Waals surface area contributed by atoms with Crippen LogP contribution in [0, 0.1) is 5.92 Å². The van der Waals surface area contributed by atoms with Crippen molar-refractivity contribution in [3.63, 3.8) is 0 Å². The van der Waals surface area contributed by atoms with Crippen molar-refractivity contribution >= 4 is 40.5 Å². The van der Waals surface area contributed by atoms with Crippen LogP contribution in [0.25, 0.3) is 0 Å². The summed E-state index contributed by atoms with van der Waals surface area (Å²) in [6.45, 7) is 4.19. The van der Waals surface area contributed by atoms with E-state index in [2.05, 4.69) is 40.5 Å². The Morgan fingerprint density at radius 3 is 2.55 bits per heavy atom. The van der Waals surface area contributed by atoms with Gasteiger partial charge >= 0.3 is 0 Å². The van der Waals surface area contributed by atoms with Crippen LogP contribution in [0.2, 0.25) is 5.02 Å². The van der Waals surface area contributed by atoms with Crippen molar-refractivity contribution in [2.45, 2.75) is 33.1 Å². The Hall–Kier alpha value is -2.92. The number of ketones is 1. The van der Waals surface area contributed by atoms with Crippen LogP contribution in [0.3, 0.4) is 0 Å². The Balaban J connectivity index is 1.76. The zero-order valence-electron chi connectivity index (χ0n) is 16.5. The maximum atomic E-state index is 12.8. The van der Waals surface area contributed by atoms with E-state index in [0.717, 1.165) is 29.9 Å². The molecule has 0 radical (unpaired) electrons. The summed E-state index contributed by atoms with van der Waals surface area (Å²) in [7, 11) is 0. The molecule has 0 saturated heterocycles. The summed E-state index contributed by atoms with van der Waals surface area (Å²) < 4.78 is 0. The van der Waals surface area contributed by atoms with Crippen LogP contribution >= 0.6 is 11.6 Å². The summed E-state index contributed by atoms with van der Waals surface area (Å²) in [5.41, 5.74) is 4.36. The van der Waals surface area contributed by atoms with Gasteiger partial charge in [-0.2, -0.15) is 4.98 Å². The fourth-order valence-electron chi connectivity index (χ4n) is 3.66. The van der Waals surface area contributed by atoms with Gasteiger partial charge in [-0.1, -0.05) is 43.6 Å². The molecule has 148 valence electrons. The first-order valence-corrected chi connectivity index (χ1v) is 10.2. The third-order valence-corrected chi connectivity index (χ3v) is 5.34. The number of aromatic nitrogens is 2. The molecule has 0 saturated carbocycles. The third-order valence-electron chi connectivity index (χ3n) is 5.09. The molecule has 0 bridgehead atoms. The van der Waals surface area contributed by atoms with Gasteiger partial charge in [0.15, 0.2) is 5.78 Å². The van der Waals surface area contributed by atoms with Gasteiger partial charge in [0.1, 0.15) is 5.82 Å². The second kappa shape index (κ2) is 8.21. The van der Waals surface area contributed by atoms with Crippen LogP contribution < -0.4 is 10.6 Å². The summed E-state index contributed by atoms with van der Waals surface area (Å²) in [5.74, 6) is 1.38. The van der Waals surface area contributed by atoms with Crippen molar-refractivity contribution < 1.29 is 4.79 Å². The highest BCUT2D eigenvalue weighted by Crippen LogP contribution is 2.32. The topological polar surface area (TPSA) is 66.9 Å². The van der Waals surface area contributed by atoms with Gasteiger partial charge in [0.25, 0.3) is 0 Å². The van der Waals surface area contributed by atoms with E-state index >= 15 is 0 Å². The Morgan fingerprint density at radius 1 is 1.03 bits per heavy atom. The van der Waals surface area contributed by atoms with Crippen molar-refractivity contribution in [2.75, 3.05) is 10.6 Å². The maximum Gasteiger partial charge on any atom is 0.229 e. The number of halogens is 1. The molecule has 0 fully saturated rings. The lowest BCUT2D eigenvalue weighted by Gasteiger charge is -2.23. The fourth-order valence-corrected chi connectivity index (χ4v) is 3.78. The normalized spacial score (nSPS) is 15.7. The number of carbonyl (C=O) groups is 1. The fraction of sp³-hybridized carbons (Fsp3) is 0.261. The van der Waals surface area contributed by atoms with Crippen LogP contribution in [-0.4, -0.2) is 15.8 Å². The molecule has 2 N–H and O–H groups in total. The van der Waals surface area contributed by atoms with Gasteiger partial charge in [-0.3, -0.25) is 4.79 Å². The summed E-state index contributed by atoms with van der Waals surface area (Å²) in [4.78, 5) is 22.1. The quantitative estimate of drug-likeness (QED) is 0.548. The summed E-state index contributed by atoms with van der Waals surface area (Å²) in [5, 5.41) is 7.30. The predicted molar refractivity (Wildman–Crippen MR) is 118 cm³/mol. The molecule has 1 aliphatic rings. The maximum absolute atomic E-state index is 12.8. The van der Waals surface area contributed by atoms with E-state index in [9.17, 15) is 4.79 Å². The third kappa shape index (κ3) is 4.25. The number of fused-ring (bicyclic) bond motifs is 1. The van der Waals surface area contributed by atoms with E-state index in [1.165, 1.54) is 5.56 Å². The molecule has 4 rings (SSSR count). The number of rotatable bonds is 5. The minimum absolute atomic E-state index is 0.0910. The van der Waals surface area contributed by atoms with E-state index < -0.39 is 0 Å². The lowest BCUT2D eigenvalue weighted by Crippen LogP contribution is -2.22. The number of Topliss-reactive ketones (excluding diaryl/α,β-unsaturated/α-hetero) is 1. The highest BCUT2D eigenvalue weighted by Gasteiger charge is 2.28. The average molecular weight is 407 g/mol. The largest absolute Gasteiger partial charge is 0.339 e. The molecular formula is C23H23ClN4O. The van der Waals surface area contributed by atoms with Crippen LogP contribution in [-0.2, 0) is 12.8 Å². The minimum atomic E-state index is 0.0910. The second-order valence-corrected chi connectivity index (χ2v) is 7.86.